The first kappa shape index (κ1) is 13.3. The van der Waals surface area contributed by atoms with Crippen LogP contribution in [0, 0.1) is 6.92 Å². The highest BCUT2D eigenvalue weighted by Crippen LogP contribution is 2.17. The molecule has 1 aromatic rings. The van der Waals surface area contributed by atoms with E-state index in [1.54, 1.807) is 11.8 Å². The molecule has 0 fully saturated rings. The average Bonchev–Trinajstić information content (AvgIpc) is 2.29. The number of aryl methyl sites for hydroxylation is 1. The van der Waals surface area contributed by atoms with Crippen LogP contribution in [0.3, 0.4) is 0 Å². The third-order valence-corrected chi connectivity index (χ3v) is 3.61. The molecule has 1 atom stereocenters. The molecule has 2 nitrogen and oxygen atoms in total. The number of rotatable bonds is 6. The Morgan fingerprint density at radius 1 is 1.38 bits per heavy atom. The van der Waals surface area contributed by atoms with Crippen molar-refractivity contribution in [3.05, 3.63) is 35.4 Å². The van der Waals surface area contributed by atoms with Gasteiger partial charge in [0.25, 0.3) is 0 Å². The number of aliphatic hydroxyl groups is 1. The summed E-state index contributed by atoms with van der Waals surface area (Å²) in [7, 11) is 0. The number of Topliss-reactive ketones (excluding diaryl/α,β-unsaturated/α-hetero) is 1. The third kappa shape index (κ3) is 3.99. The van der Waals surface area contributed by atoms with Crippen LogP contribution in [0.25, 0.3) is 0 Å². The van der Waals surface area contributed by atoms with Crippen LogP contribution in [0.1, 0.15) is 29.3 Å². The zero-order valence-electron chi connectivity index (χ0n) is 9.77. The molecule has 0 amide bonds. The number of carbonyl (C=O) groups is 1. The normalized spacial score (nSPS) is 12.4. The van der Waals surface area contributed by atoms with E-state index in [1.807, 2.05) is 38.1 Å². The van der Waals surface area contributed by atoms with E-state index in [0.717, 1.165) is 23.3 Å². The van der Waals surface area contributed by atoms with E-state index in [0.29, 0.717) is 0 Å². The van der Waals surface area contributed by atoms with Gasteiger partial charge < -0.3 is 5.11 Å². The molecule has 1 aromatic carbocycles. The molecule has 1 unspecified atom stereocenters. The van der Waals surface area contributed by atoms with Gasteiger partial charge in [-0.1, -0.05) is 29.8 Å². The Hall–Kier alpha value is -0.800. The number of carbonyl (C=O) groups excluding carboxylic acids is 1. The van der Waals surface area contributed by atoms with E-state index in [9.17, 15) is 4.79 Å². The monoisotopic (exact) mass is 238 g/mol. The Balaban J connectivity index is 2.53. The SMILES string of the molecule is Cc1ccc(C(=O)C(C)SCCCO)cc1. The predicted octanol–water partition coefficient (Wildman–Crippen LogP) is 2.68. The quantitative estimate of drug-likeness (QED) is 0.611. The zero-order chi connectivity index (χ0) is 12.0. The van der Waals surface area contributed by atoms with E-state index in [2.05, 4.69) is 0 Å². The summed E-state index contributed by atoms with van der Waals surface area (Å²) in [6, 6.07) is 7.66. The Bertz CT molecular complexity index is 332. The molecule has 0 radical (unpaired) electrons. The summed E-state index contributed by atoms with van der Waals surface area (Å²) >= 11 is 1.60. The Morgan fingerprint density at radius 3 is 2.56 bits per heavy atom. The van der Waals surface area contributed by atoms with Crippen molar-refractivity contribution in [3.8, 4) is 0 Å². The summed E-state index contributed by atoms with van der Waals surface area (Å²) in [5.41, 5.74) is 1.94. The average molecular weight is 238 g/mol. The van der Waals surface area contributed by atoms with E-state index in [-0.39, 0.29) is 17.6 Å². The fourth-order valence-electron chi connectivity index (χ4n) is 1.35. The Morgan fingerprint density at radius 2 is 2.00 bits per heavy atom. The summed E-state index contributed by atoms with van der Waals surface area (Å²) in [6.07, 6.45) is 0.746. The van der Waals surface area contributed by atoms with E-state index < -0.39 is 0 Å². The first-order valence-electron chi connectivity index (χ1n) is 5.48. The van der Waals surface area contributed by atoms with Crippen LogP contribution in [-0.2, 0) is 0 Å². The highest BCUT2D eigenvalue weighted by Gasteiger charge is 2.14. The van der Waals surface area contributed by atoms with Crippen molar-refractivity contribution in [1.82, 2.24) is 0 Å². The maximum Gasteiger partial charge on any atom is 0.175 e. The lowest BCUT2D eigenvalue weighted by molar-refractivity contribution is 0.0994. The molecule has 0 spiro atoms. The summed E-state index contributed by atoms with van der Waals surface area (Å²) in [5, 5.41) is 8.63. The number of ketones is 1. The molecule has 1 N–H and O–H groups in total. The van der Waals surface area contributed by atoms with Gasteiger partial charge in [0.15, 0.2) is 5.78 Å². The number of aliphatic hydroxyl groups excluding tert-OH is 1. The first-order chi connectivity index (χ1) is 7.65. The molecule has 0 aliphatic carbocycles. The van der Waals surface area contributed by atoms with Crippen molar-refractivity contribution in [3.63, 3.8) is 0 Å². The second-order valence-electron chi connectivity index (χ2n) is 3.82. The number of hydrogen-bond acceptors (Lipinski definition) is 3. The lowest BCUT2D eigenvalue weighted by Gasteiger charge is -2.09. The van der Waals surface area contributed by atoms with Crippen molar-refractivity contribution in [2.75, 3.05) is 12.4 Å². The molecule has 3 heteroatoms. The van der Waals surface area contributed by atoms with E-state index >= 15 is 0 Å². The van der Waals surface area contributed by atoms with Crippen molar-refractivity contribution in [2.24, 2.45) is 0 Å². The fraction of sp³-hybridized carbons (Fsp3) is 0.462. The van der Waals surface area contributed by atoms with Gasteiger partial charge in [0, 0.05) is 12.2 Å². The van der Waals surface area contributed by atoms with Gasteiger partial charge in [-0.3, -0.25) is 4.79 Å². The molecule has 0 aliphatic rings. The highest BCUT2D eigenvalue weighted by molar-refractivity contribution is 8.00. The molecule has 88 valence electrons. The van der Waals surface area contributed by atoms with Gasteiger partial charge in [-0.15, -0.1) is 0 Å². The molecular formula is C13H18O2S. The molecule has 1 rings (SSSR count). The number of benzene rings is 1. The van der Waals surface area contributed by atoms with Crippen LogP contribution in [-0.4, -0.2) is 28.5 Å². The van der Waals surface area contributed by atoms with Gasteiger partial charge in [-0.2, -0.15) is 11.8 Å². The predicted molar refractivity (Wildman–Crippen MR) is 69.1 cm³/mol. The van der Waals surface area contributed by atoms with Gasteiger partial charge in [0.1, 0.15) is 0 Å². The van der Waals surface area contributed by atoms with Crippen LogP contribution in [0.15, 0.2) is 24.3 Å². The van der Waals surface area contributed by atoms with E-state index in [1.165, 1.54) is 0 Å². The standard InChI is InChI=1S/C13H18O2S/c1-10-4-6-12(7-5-10)13(15)11(2)16-9-3-8-14/h4-7,11,14H,3,8-9H2,1-2H3. The number of hydrogen-bond donors (Lipinski definition) is 1. The van der Waals surface area contributed by atoms with Gasteiger partial charge in [-0.25, -0.2) is 0 Å². The van der Waals surface area contributed by atoms with Crippen molar-refractivity contribution in [2.45, 2.75) is 25.5 Å². The molecule has 0 bridgehead atoms. The van der Waals surface area contributed by atoms with Gasteiger partial charge in [-0.05, 0) is 26.0 Å². The maximum atomic E-state index is 12.0. The minimum atomic E-state index is -0.0331. The fourth-order valence-corrected chi connectivity index (χ4v) is 2.29. The first-order valence-corrected chi connectivity index (χ1v) is 6.53. The maximum absolute atomic E-state index is 12.0. The Kier molecular flexibility index (Phi) is 5.56. The largest absolute Gasteiger partial charge is 0.396 e. The second kappa shape index (κ2) is 6.71. The van der Waals surface area contributed by atoms with Crippen LogP contribution >= 0.6 is 11.8 Å². The molecule has 0 saturated heterocycles. The minimum Gasteiger partial charge on any atom is -0.396 e. The topological polar surface area (TPSA) is 37.3 Å². The minimum absolute atomic E-state index is 0.0331. The van der Waals surface area contributed by atoms with Gasteiger partial charge >= 0.3 is 0 Å². The number of thioether (sulfide) groups is 1. The second-order valence-corrected chi connectivity index (χ2v) is 5.27. The molecular weight excluding hydrogens is 220 g/mol. The molecule has 0 aromatic heterocycles. The smallest absolute Gasteiger partial charge is 0.175 e. The van der Waals surface area contributed by atoms with Gasteiger partial charge in [0.2, 0.25) is 0 Å². The van der Waals surface area contributed by atoms with Gasteiger partial charge in [0.05, 0.1) is 5.25 Å². The molecule has 0 saturated carbocycles. The lowest BCUT2D eigenvalue weighted by atomic mass is 10.1. The zero-order valence-corrected chi connectivity index (χ0v) is 10.6. The van der Waals surface area contributed by atoms with Crippen LogP contribution in [0.4, 0.5) is 0 Å². The molecule has 0 heterocycles. The summed E-state index contributed by atoms with van der Waals surface area (Å²) < 4.78 is 0. The molecule has 16 heavy (non-hydrogen) atoms. The summed E-state index contributed by atoms with van der Waals surface area (Å²) in [4.78, 5) is 12.0. The van der Waals surface area contributed by atoms with Crippen LogP contribution < -0.4 is 0 Å². The summed E-state index contributed by atoms with van der Waals surface area (Å²) in [5.74, 6) is 0.998. The van der Waals surface area contributed by atoms with Crippen molar-refractivity contribution in [1.29, 1.82) is 0 Å². The lowest BCUT2D eigenvalue weighted by Crippen LogP contribution is -2.14. The third-order valence-electron chi connectivity index (χ3n) is 2.38. The van der Waals surface area contributed by atoms with E-state index in [4.69, 9.17) is 5.11 Å². The highest BCUT2D eigenvalue weighted by atomic mass is 32.2. The van der Waals surface area contributed by atoms with Crippen LogP contribution in [0.5, 0.6) is 0 Å². The summed E-state index contributed by atoms with van der Waals surface area (Å²) in [6.45, 7) is 4.12. The van der Waals surface area contributed by atoms with Crippen molar-refractivity contribution < 1.29 is 9.90 Å². The molecule has 0 aliphatic heterocycles. The Labute approximate surface area is 101 Å². The van der Waals surface area contributed by atoms with Crippen LogP contribution in [0.2, 0.25) is 0 Å². The van der Waals surface area contributed by atoms with Crippen molar-refractivity contribution >= 4 is 17.5 Å².